The Kier molecular flexibility index (Phi) is 13.1. The summed E-state index contributed by atoms with van der Waals surface area (Å²) in [5.41, 5.74) is -7.97. The van der Waals surface area contributed by atoms with Crippen LogP contribution in [0.2, 0.25) is 0 Å². The highest BCUT2D eigenvalue weighted by atomic mass is 16.6. The maximum Gasteiger partial charge on any atom is 0.339 e. The third kappa shape index (κ3) is 10.0. The van der Waals surface area contributed by atoms with Crippen LogP contribution in [-0.4, -0.2) is 128 Å². The Morgan fingerprint density at radius 2 is 0.548 bits per heavy atom. The molecule has 4 aliphatic heterocycles. The summed E-state index contributed by atoms with van der Waals surface area (Å²) in [6.45, 7) is 28.9. The van der Waals surface area contributed by atoms with Gasteiger partial charge in [-0.2, -0.15) is 15.2 Å². The highest BCUT2D eigenvalue weighted by Gasteiger charge is 2.51. The number of benzene rings is 1. The number of ether oxygens (including phenoxy) is 4. The topological polar surface area (TPSA) is 199 Å². The maximum atomic E-state index is 14.5. The summed E-state index contributed by atoms with van der Waals surface area (Å²) < 4.78 is 24.5. The van der Waals surface area contributed by atoms with Crippen molar-refractivity contribution in [2.75, 3.05) is 0 Å². The highest BCUT2D eigenvalue weighted by molar-refractivity contribution is 6.10. The lowest BCUT2D eigenvalue weighted by atomic mass is 9.80. The SMILES string of the molecule is CC1(C)CC(OC(=O)c2cc(C(=O)OC3CC(C)(C)N(O)C(C)(C)C3)c(C(=O)OC3CC(C)(C)N(O)C(C)(C)C3)cc2C(=O)OC2CC(C)(C)N(O)C(C)(C)C2)CC(C)(C)N1[O]. The summed E-state index contributed by atoms with van der Waals surface area (Å²) in [4.78, 5) is 58.2. The van der Waals surface area contributed by atoms with Crippen LogP contribution in [0.5, 0.6) is 0 Å². The number of nitrogens with zero attached hydrogens (tertiary/aromatic N) is 4. The van der Waals surface area contributed by atoms with Gasteiger partial charge in [-0.15, -0.1) is 10.3 Å². The van der Waals surface area contributed by atoms with Crippen LogP contribution in [0.4, 0.5) is 0 Å². The molecule has 5 rings (SSSR count). The molecule has 0 bridgehead atoms. The fourth-order valence-corrected chi connectivity index (χ4v) is 11.2. The van der Waals surface area contributed by atoms with E-state index in [9.17, 15) is 40.0 Å². The van der Waals surface area contributed by atoms with Crippen LogP contribution >= 0.6 is 0 Å². The van der Waals surface area contributed by atoms with Gasteiger partial charge < -0.3 is 34.6 Å². The smallest absolute Gasteiger partial charge is 0.339 e. The lowest BCUT2D eigenvalue weighted by molar-refractivity contribution is -0.298. The molecule has 1 aromatic carbocycles. The largest absolute Gasteiger partial charge is 0.459 e. The first-order valence-corrected chi connectivity index (χ1v) is 21.9. The fourth-order valence-electron chi connectivity index (χ4n) is 11.2. The zero-order chi connectivity index (χ0) is 47.1. The van der Waals surface area contributed by atoms with E-state index in [0.717, 1.165) is 17.2 Å². The van der Waals surface area contributed by atoms with E-state index in [1.807, 2.05) is 83.1 Å². The number of carbonyl (C=O) groups is 4. The van der Waals surface area contributed by atoms with Gasteiger partial charge in [0.05, 0.1) is 22.3 Å². The minimum Gasteiger partial charge on any atom is -0.459 e. The van der Waals surface area contributed by atoms with E-state index in [4.69, 9.17) is 18.9 Å². The Hall–Kier alpha value is -3.22. The Bertz CT molecular complexity index is 1580. The van der Waals surface area contributed by atoms with Crippen LogP contribution < -0.4 is 0 Å². The maximum absolute atomic E-state index is 14.5. The first-order chi connectivity index (χ1) is 27.9. The molecule has 1 aromatic rings. The van der Waals surface area contributed by atoms with E-state index < -0.39 is 92.6 Å². The van der Waals surface area contributed by atoms with Crippen LogP contribution in [0.15, 0.2) is 12.1 Å². The Labute approximate surface area is 367 Å². The number of carbonyl (C=O) groups excluding carboxylic acids is 4. The van der Waals surface area contributed by atoms with Gasteiger partial charge in [-0.05, 0) is 123 Å². The molecule has 0 saturated carbocycles. The van der Waals surface area contributed by atoms with Crippen LogP contribution in [0.3, 0.4) is 0 Å². The number of esters is 4. The van der Waals surface area contributed by atoms with Crippen molar-refractivity contribution in [1.29, 1.82) is 0 Å². The average molecular weight is 874 g/mol. The van der Waals surface area contributed by atoms with Crippen LogP contribution in [0.25, 0.3) is 0 Å². The number of hydroxylamine groups is 8. The summed E-state index contributed by atoms with van der Waals surface area (Å²) in [7, 11) is 0. The zero-order valence-corrected chi connectivity index (χ0v) is 39.9. The number of piperidine rings is 4. The molecule has 0 spiro atoms. The molecule has 0 amide bonds. The highest BCUT2D eigenvalue weighted by Crippen LogP contribution is 2.43. The number of hydrogen-bond acceptors (Lipinski definition) is 15. The molecule has 4 heterocycles. The Morgan fingerprint density at radius 1 is 0.387 bits per heavy atom. The second-order valence-electron chi connectivity index (χ2n) is 23.4. The van der Waals surface area contributed by atoms with Crippen molar-refractivity contribution in [2.45, 2.75) is 231 Å². The molecule has 0 atom stereocenters. The zero-order valence-electron chi connectivity index (χ0n) is 39.9. The monoisotopic (exact) mass is 874 g/mol. The average Bonchev–Trinajstić information content (AvgIpc) is 3.09. The lowest BCUT2D eigenvalue weighted by Crippen LogP contribution is -2.60. The third-order valence-corrected chi connectivity index (χ3v) is 13.5. The van der Waals surface area contributed by atoms with E-state index in [-0.39, 0.29) is 73.6 Å². The van der Waals surface area contributed by atoms with Crippen molar-refractivity contribution < 1.29 is 59.0 Å². The van der Waals surface area contributed by atoms with Crippen molar-refractivity contribution in [3.63, 3.8) is 0 Å². The summed E-state index contributed by atoms with van der Waals surface area (Å²) in [5, 5.41) is 50.8. The number of rotatable bonds is 8. The van der Waals surface area contributed by atoms with E-state index in [2.05, 4.69) is 0 Å². The molecular formula is C46H73N4O12. The molecular weight excluding hydrogens is 801 g/mol. The molecule has 16 heteroatoms. The van der Waals surface area contributed by atoms with Gasteiger partial charge in [-0.3, -0.25) is 0 Å². The molecule has 0 aromatic heterocycles. The molecule has 4 aliphatic rings. The predicted octanol–water partition coefficient (Wildman–Crippen LogP) is 7.91. The standard InChI is InChI=1S/C46H73N4O12/c1-39(2)19-27(20-40(3,4)47(39)55)59-35(51)31-17-33(37(53)61-29-23-43(9,10)49(57)44(11,12)24-29)34(38(54)62-30-25-45(13,14)50(58)46(15,16)26-30)18-32(31)36(52)60-28-21-41(5,6)48(56)42(7,8)22-28/h17-18,27-30,55-57H,19-26H2,1-16H3. The quantitative estimate of drug-likeness (QED) is 0.168. The van der Waals surface area contributed by atoms with Crippen molar-refractivity contribution in [3.05, 3.63) is 34.4 Å². The molecule has 4 saturated heterocycles. The normalized spacial score (nSPS) is 26.6. The molecule has 1 radical (unpaired) electrons. The summed E-state index contributed by atoms with van der Waals surface area (Å²) in [5.74, 6) is -3.84. The van der Waals surface area contributed by atoms with Gasteiger partial charge in [-0.1, -0.05) is 0 Å². The van der Waals surface area contributed by atoms with Gasteiger partial charge in [0.15, 0.2) is 0 Å². The van der Waals surface area contributed by atoms with Gasteiger partial charge in [0.2, 0.25) is 0 Å². The van der Waals surface area contributed by atoms with E-state index in [1.54, 1.807) is 27.7 Å². The van der Waals surface area contributed by atoms with Crippen LogP contribution in [0, 0.1) is 0 Å². The minimum absolute atomic E-state index is 0.184. The van der Waals surface area contributed by atoms with Gasteiger partial charge in [0, 0.05) is 95.7 Å². The molecule has 3 N–H and O–H groups in total. The van der Waals surface area contributed by atoms with Crippen molar-refractivity contribution in [3.8, 4) is 0 Å². The van der Waals surface area contributed by atoms with E-state index >= 15 is 0 Å². The van der Waals surface area contributed by atoms with Crippen LogP contribution in [-0.2, 0) is 24.2 Å². The summed E-state index contributed by atoms with van der Waals surface area (Å²) >= 11 is 0. The van der Waals surface area contributed by atoms with E-state index in [0.29, 0.717) is 0 Å². The summed E-state index contributed by atoms with van der Waals surface area (Å²) in [6, 6.07) is 2.26. The molecule has 4 fully saturated rings. The predicted molar refractivity (Wildman–Crippen MR) is 226 cm³/mol. The molecule has 349 valence electrons. The van der Waals surface area contributed by atoms with Gasteiger partial charge in [-0.25, -0.2) is 19.2 Å². The molecule has 16 nitrogen and oxygen atoms in total. The molecule has 0 unspecified atom stereocenters. The summed E-state index contributed by atoms with van der Waals surface area (Å²) in [6.07, 6.45) is -1.11. The van der Waals surface area contributed by atoms with Crippen molar-refractivity contribution in [2.24, 2.45) is 0 Å². The van der Waals surface area contributed by atoms with Gasteiger partial charge in [0.1, 0.15) is 24.4 Å². The first kappa shape index (κ1) is 49.8. The Morgan fingerprint density at radius 3 is 0.726 bits per heavy atom. The molecule has 62 heavy (non-hydrogen) atoms. The third-order valence-electron chi connectivity index (χ3n) is 13.5. The lowest BCUT2D eigenvalue weighted by Gasteiger charge is -2.51. The van der Waals surface area contributed by atoms with E-state index in [1.165, 1.54) is 15.2 Å². The minimum atomic E-state index is -0.970. The Balaban J connectivity index is 1.63. The van der Waals surface area contributed by atoms with Crippen molar-refractivity contribution >= 4 is 23.9 Å². The molecule has 0 aliphatic carbocycles. The first-order valence-electron chi connectivity index (χ1n) is 21.9. The van der Waals surface area contributed by atoms with Crippen LogP contribution in [0.1, 0.15) is 204 Å². The van der Waals surface area contributed by atoms with Crippen molar-refractivity contribution in [1.82, 2.24) is 20.3 Å². The fraction of sp³-hybridized carbons (Fsp3) is 0.783. The van der Waals surface area contributed by atoms with Gasteiger partial charge in [0.25, 0.3) is 0 Å². The number of hydrogen-bond donors (Lipinski definition) is 3. The second-order valence-corrected chi connectivity index (χ2v) is 23.4. The van der Waals surface area contributed by atoms with Gasteiger partial charge >= 0.3 is 23.9 Å². The second kappa shape index (κ2) is 16.3.